The first-order valence-electron chi connectivity index (χ1n) is 13.4. The highest BCUT2D eigenvalue weighted by molar-refractivity contribution is 6.06. The lowest BCUT2D eigenvalue weighted by Gasteiger charge is -2.36. The molecule has 3 heterocycles. The van der Waals surface area contributed by atoms with Crippen LogP contribution in [0.1, 0.15) is 56.3 Å². The molecule has 8 heteroatoms. The molecular weight excluding hydrogens is 452 g/mol. The van der Waals surface area contributed by atoms with E-state index in [1.807, 2.05) is 27.9 Å². The molecule has 2 fully saturated rings. The minimum Gasteiger partial charge on any atom is -0.497 e. The maximum atomic E-state index is 13.8. The van der Waals surface area contributed by atoms with Gasteiger partial charge in [-0.05, 0) is 56.9 Å². The SMILES string of the molecule is CCn1ncc2c(NC(C)C3CCCCC3)c(C(=O)N3CCN(c4ccc(OC)cc4)CC3)cnc21. The van der Waals surface area contributed by atoms with Gasteiger partial charge in [-0.3, -0.25) is 4.79 Å². The maximum Gasteiger partial charge on any atom is 0.257 e. The van der Waals surface area contributed by atoms with Crippen LogP contribution in [0.4, 0.5) is 11.4 Å². The molecule has 1 aliphatic heterocycles. The summed E-state index contributed by atoms with van der Waals surface area (Å²) in [5.41, 5.74) is 3.53. The quantitative estimate of drug-likeness (QED) is 0.513. The van der Waals surface area contributed by atoms with Crippen molar-refractivity contribution < 1.29 is 9.53 Å². The zero-order valence-corrected chi connectivity index (χ0v) is 21.7. The highest BCUT2D eigenvalue weighted by atomic mass is 16.5. The number of hydrogen-bond acceptors (Lipinski definition) is 6. The Morgan fingerprint density at radius 3 is 2.47 bits per heavy atom. The van der Waals surface area contributed by atoms with E-state index < -0.39 is 0 Å². The molecule has 1 unspecified atom stereocenters. The molecule has 0 bridgehead atoms. The second-order valence-corrected chi connectivity index (χ2v) is 10.1. The van der Waals surface area contributed by atoms with Gasteiger partial charge in [0.25, 0.3) is 5.91 Å². The molecule has 1 aliphatic carbocycles. The van der Waals surface area contributed by atoms with Gasteiger partial charge in [0, 0.05) is 50.6 Å². The smallest absolute Gasteiger partial charge is 0.257 e. The monoisotopic (exact) mass is 490 g/mol. The standard InChI is InChI=1S/C28H38N6O2/c1-4-34-27-24(19-30-34)26(31-20(2)21-8-6-5-7-9-21)25(18-29-27)28(35)33-16-14-32(15-17-33)22-10-12-23(36-3)13-11-22/h10-13,18-21H,4-9,14-17H2,1-3H3,(H,29,31). The molecule has 36 heavy (non-hydrogen) atoms. The second-order valence-electron chi connectivity index (χ2n) is 10.1. The highest BCUT2D eigenvalue weighted by Gasteiger charge is 2.28. The van der Waals surface area contributed by atoms with E-state index in [9.17, 15) is 4.79 Å². The molecule has 5 rings (SSSR count). The van der Waals surface area contributed by atoms with Crippen LogP contribution in [0.15, 0.2) is 36.7 Å². The Morgan fingerprint density at radius 2 is 1.81 bits per heavy atom. The van der Waals surface area contributed by atoms with E-state index in [1.165, 1.54) is 32.1 Å². The fraction of sp³-hybridized carbons (Fsp3) is 0.536. The minimum atomic E-state index is 0.0429. The van der Waals surface area contributed by atoms with Crippen LogP contribution in [-0.4, -0.2) is 64.9 Å². The van der Waals surface area contributed by atoms with Crippen LogP contribution < -0.4 is 15.0 Å². The van der Waals surface area contributed by atoms with Gasteiger partial charge >= 0.3 is 0 Å². The average molecular weight is 491 g/mol. The van der Waals surface area contributed by atoms with E-state index in [0.717, 1.165) is 47.8 Å². The van der Waals surface area contributed by atoms with Crippen LogP contribution in [0.25, 0.3) is 11.0 Å². The number of nitrogens with one attached hydrogen (secondary N) is 1. The van der Waals surface area contributed by atoms with E-state index in [1.54, 1.807) is 13.3 Å². The molecule has 0 radical (unpaired) electrons. The predicted molar refractivity (Wildman–Crippen MR) is 144 cm³/mol. The number of pyridine rings is 1. The molecule has 1 amide bonds. The van der Waals surface area contributed by atoms with Crippen molar-refractivity contribution in [1.82, 2.24) is 19.7 Å². The Morgan fingerprint density at radius 1 is 1.08 bits per heavy atom. The summed E-state index contributed by atoms with van der Waals surface area (Å²) >= 11 is 0. The Kier molecular flexibility index (Phi) is 7.30. The number of nitrogens with zero attached hydrogens (tertiary/aromatic N) is 5. The van der Waals surface area contributed by atoms with Gasteiger partial charge in [-0.25, -0.2) is 9.67 Å². The van der Waals surface area contributed by atoms with Crippen molar-refractivity contribution in [2.45, 2.75) is 58.5 Å². The number of aromatic nitrogens is 3. The summed E-state index contributed by atoms with van der Waals surface area (Å²) in [6.45, 7) is 8.01. The van der Waals surface area contributed by atoms with Gasteiger partial charge in [0.2, 0.25) is 0 Å². The van der Waals surface area contributed by atoms with Crippen LogP contribution in [-0.2, 0) is 6.54 Å². The topological polar surface area (TPSA) is 75.5 Å². The van der Waals surface area contributed by atoms with Gasteiger partial charge in [0.05, 0.1) is 29.9 Å². The number of carbonyl (C=O) groups excluding carboxylic acids is 1. The summed E-state index contributed by atoms with van der Waals surface area (Å²) in [4.78, 5) is 22.8. The zero-order valence-electron chi connectivity index (χ0n) is 21.7. The summed E-state index contributed by atoms with van der Waals surface area (Å²) in [7, 11) is 1.68. The minimum absolute atomic E-state index is 0.0429. The average Bonchev–Trinajstić information content (AvgIpc) is 3.37. The summed E-state index contributed by atoms with van der Waals surface area (Å²) in [6.07, 6.45) is 10.0. The summed E-state index contributed by atoms with van der Waals surface area (Å²) in [6, 6.07) is 8.41. The van der Waals surface area contributed by atoms with Crippen LogP contribution in [0.5, 0.6) is 5.75 Å². The van der Waals surface area contributed by atoms with E-state index in [0.29, 0.717) is 30.6 Å². The molecule has 1 atom stereocenters. The molecule has 3 aromatic rings. The van der Waals surface area contributed by atoms with E-state index >= 15 is 0 Å². The lowest BCUT2D eigenvalue weighted by Crippen LogP contribution is -2.49. The van der Waals surface area contributed by atoms with Gasteiger partial charge in [-0.1, -0.05) is 19.3 Å². The van der Waals surface area contributed by atoms with Gasteiger partial charge in [0.15, 0.2) is 5.65 Å². The van der Waals surface area contributed by atoms with Crippen LogP contribution in [0, 0.1) is 5.92 Å². The highest BCUT2D eigenvalue weighted by Crippen LogP contribution is 2.33. The van der Waals surface area contributed by atoms with Crippen molar-refractivity contribution in [1.29, 1.82) is 0 Å². The molecule has 1 saturated heterocycles. The second kappa shape index (κ2) is 10.8. The van der Waals surface area contributed by atoms with Crippen molar-refractivity contribution >= 4 is 28.3 Å². The van der Waals surface area contributed by atoms with E-state index in [-0.39, 0.29) is 5.91 Å². The number of anilines is 2. The normalized spacial score (nSPS) is 17.9. The lowest BCUT2D eigenvalue weighted by molar-refractivity contribution is 0.0747. The van der Waals surface area contributed by atoms with E-state index in [4.69, 9.17) is 4.74 Å². The molecular formula is C28H38N6O2. The largest absolute Gasteiger partial charge is 0.497 e. The number of benzene rings is 1. The van der Waals surface area contributed by atoms with Crippen molar-refractivity contribution in [2.75, 3.05) is 43.5 Å². The molecule has 0 spiro atoms. The van der Waals surface area contributed by atoms with Crippen LogP contribution in [0.3, 0.4) is 0 Å². The van der Waals surface area contributed by atoms with Crippen molar-refractivity contribution in [3.63, 3.8) is 0 Å². The number of aryl methyl sites for hydroxylation is 1. The number of carbonyl (C=O) groups is 1. The number of methoxy groups -OCH3 is 1. The number of piperazine rings is 1. The third kappa shape index (κ3) is 4.86. The molecule has 2 aromatic heterocycles. The predicted octanol–water partition coefficient (Wildman–Crippen LogP) is 4.80. The van der Waals surface area contributed by atoms with Crippen molar-refractivity contribution in [3.8, 4) is 5.75 Å². The number of fused-ring (bicyclic) bond motifs is 1. The first-order valence-corrected chi connectivity index (χ1v) is 13.4. The Hall–Kier alpha value is -3.29. The Balaban J connectivity index is 1.36. The fourth-order valence-corrected chi connectivity index (χ4v) is 5.69. The molecule has 1 aromatic carbocycles. The van der Waals surface area contributed by atoms with E-state index in [2.05, 4.69) is 46.3 Å². The number of rotatable bonds is 7. The molecule has 192 valence electrons. The number of ether oxygens (including phenoxy) is 1. The Labute approximate surface area is 213 Å². The summed E-state index contributed by atoms with van der Waals surface area (Å²) in [5, 5.41) is 9.23. The molecule has 1 saturated carbocycles. The molecule has 1 N–H and O–H groups in total. The van der Waals surface area contributed by atoms with Gasteiger partial charge in [-0.2, -0.15) is 5.10 Å². The zero-order chi connectivity index (χ0) is 25.1. The number of hydrogen-bond donors (Lipinski definition) is 1. The third-order valence-corrected chi connectivity index (χ3v) is 7.93. The van der Waals surface area contributed by atoms with Crippen molar-refractivity contribution in [3.05, 3.63) is 42.2 Å². The van der Waals surface area contributed by atoms with Crippen LogP contribution in [0.2, 0.25) is 0 Å². The fourth-order valence-electron chi connectivity index (χ4n) is 5.69. The van der Waals surface area contributed by atoms with Crippen molar-refractivity contribution in [2.24, 2.45) is 5.92 Å². The molecule has 8 nitrogen and oxygen atoms in total. The first-order chi connectivity index (χ1) is 17.6. The number of amides is 1. The Bertz CT molecular complexity index is 1180. The first kappa shape index (κ1) is 24.4. The lowest BCUT2D eigenvalue weighted by atomic mass is 9.84. The maximum absolute atomic E-state index is 13.8. The summed E-state index contributed by atoms with van der Waals surface area (Å²) < 4.78 is 7.18. The third-order valence-electron chi connectivity index (χ3n) is 7.93. The van der Waals surface area contributed by atoms with Crippen LogP contribution >= 0.6 is 0 Å². The van der Waals surface area contributed by atoms with Gasteiger partial charge < -0.3 is 19.9 Å². The molecule has 2 aliphatic rings. The van der Waals surface area contributed by atoms with Gasteiger partial charge in [0.1, 0.15) is 5.75 Å². The van der Waals surface area contributed by atoms with Gasteiger partial charge in [-0.15, -0.1) is 0 Å². The summed E-state index contributed by atoms with van der Waals surface area (Å²) in [5.74, 6) is 1.52.